The molecule has 21 heavy (non-hydrogen) atoms. The Hall–Kier alpha value is -2.10. The Bertz CT molecular complexity index is 606. The van der Waals surface area contributed by atoms with Gasteiger partial charge in [-0.25, -0.2) is 9.97 Å². The molecule has 4 heteroatoms. The fourth-order valence-electron chi connectivity index (χ4n) is 2.30. The van der Waals surface area contributed by atoms with Gasteiger partial charge in [-0.1, -0.05) is 0 Å². The van der Waals surface area contributed by atoms with Crippen LogP contribution in [0.2, 0.25) is 0 Å². The van der Waals surface area contributed by atoms with Crippen molar-refractivity contribution in [1.29, 1.82) is 0 Å². The summed E-state index contributed by atoms with van der Waals surface area (Å²) in [4.78, 5) is 9.34. The number of nitrogens with zero attached hydrogens (tertiary/aromatic N) is 2. The highest BCUT2D eigenvalue weighted by Crippen LogP contribution is 2.39. The second kappa shape index (κ2) is 6.12. The van der Waals surface area contributed by atoms with E-state index in [4.69, 9.17) is 9.72 Å². The molecule has 0 bridgehead atoms. The van der Waals surface area contributed by atoms with Gasteiger partial charge in [-0.15, -0.1) is 0 Å². The molecule has 1 fully saturated rings. The molecule has 0 unspecified atom stereocenters. The van der Waals surface area contributed by atoms with E-state index >= 15 is 0 Å². The maximum absolute atomic E-state index is 5.49. The summed E-state index contributed by atoms with van der Waals surface area (Å²) >= 11 is 0. The summed E-state index contributed by atoms with van der Waals surface area (Å²) in [5.74, 6) is 3.32. The van der Waals surface area contributed by atoms with Gasteiger partial charge in [0.1, 0.15) is 17.4 Å². The molecule has 0 aliphatic heterocycles. The first-order valence-corrected chi connectivity index (χ1v) is 7.66. The fraction of sp³-hybridized carbons (Fsp3) is 0.412. The van der Waals surface area contributed by atoms with Crippen molar-refractivity contribution in [2.45, 2.75) is 32.6 Å². The Labute approximate surface area is 125 Å². The average molecular weight is 283 g/mol. The number of hydrogen-bond donors (Lipinski definition) is 1. The highest BCUT2D eigenvalue weighted by atomic mass is 16.5. The van der Waals surface area contributed by atoms with Gasteiger partial charge < -0.3 is 10.1 Å². The largest absolute Gasteiger partial charge is 0.494 e. The average Bonchev–Trinajstić information content (AvgIpc) is 3.33. The molecule has 1 saturated carbocycles. The van der Waals surface area contributed by atoms with Crippen molar-refractivity contribution in [2.75, 3.05) is 18.5 Å². The van der Waals surface area contributed by atoms with Crippen LogP contribution in [0.25, 0.3) is 11.3 Å². The molecule has 1 N–H and O–H groups in total. The van der Waals surface area contributed by atoms with Gasteiger partial charge in [0.15, 0.2) is 0 Å². The van der Waals surface area contributed by atoms with Crippen LogP contribution in [0.4, 0.5) is 5.82 Å². The van der Waals surface area contributed by atoms with Gasteiger partial charge >= 0.3 is 0 Å². The van der Waals surface area contributed by atoms with Gasteiger partial charge in [0, 0.05) is 24.1 Å². The van der Waals surface area contributed by atoms with Gasteiger partial charge in [0.25, 0.3) is 0 Å². The molecule has 0 amide bonds. The molecule has 0 radical (unpaired) electrons. The molecule has 1 aliphatic rings. The Morgan fingerprint density at radius 3 is 2.52 bits per heavy atom. The quantitative estimate of drug-likeness (QED) is 0.874. The van der Waals surface area contributed by atoms with Crippen LogP contribution in [0.5, 0.6) is 5.75 Å². The number of anilines is 1. The van der Waals surface area contributed by atoms with E-state index in [0.717, 1.165) is 35.2 Å². The zero-order valence-corrected chi connectivity index (χ0v) is 12.6. The third-order valence-electron chi connectivity index (χ3n) is 3.50. The molecule has 110 valence electrons. The summed E-state index contributed by atoms with van der Waals surface area (Å²) in [6, 6.07) is 10.1. The maximum Gasteiger partial charge on any atom is 0.134 e. The van der Waals surface area contributed by atoms with Crippen molar-refractivity contribution in [3.05, 3.63) is 36.2 Å². The van der Waals surface area contributed by atoms with Crippen molar-refractivity contribution in [2.24, 2.45) is 0 Å². The first-order valence-electron chi connectivity index (χ1n) is 7.66. The molecule has 1 aromatic heterocycles. The lowest BCUT2D eigenvalue weighted by Crippen LogP contribution is -2.04. The predicted octanol–water partition coefficient (Wildman–Crippen LogP) is 3.85. The maximum atomic E-state index is 5.49. The summed E-state index contributed by atoms with van der Waals surface area (Å²) in [7, 11) is 0. The summed E-state index contributed by atoms with van der Waals surface area (Å²) in [5.41, 5.74) is 2.08. The lowest BCUT2D eigenvalue weighted by atomic mass is 10.1. The van der Waals surface area contributed by atoms with Crippen molar-refractivity contribution in [3.8, 4) is 17.0 Å². The summed E-state index contributed by atoms with van der Waals surface area (Å²) in [5, 5.41) is 3.30. The van der Waals surface area contributed by atoms with Crippen LogP contribution < -0.4 is 10.1 Å². The van der Waals surface area contributed by atoms with Crippen molar-refractivity contribution < 1.29 is 4.74 Å². The third-order valence-corrected chi connectivity index (χ3v) is 3.50. The second-order valence-corrected chi connectivity index (χ2v) is 5.26. The van der Waals surface area contributed by atoms with Crippen LogP contribution in [0.15, 0.2) is 30.3 Å². The normalized spacial score (nSPS) is 14.0. The molecule has 1 heterocycles. The van der Waals surface area contributed by atoms with E-state index in [1.165, 1.54) is 12.8 Å². The van der Waals surface area contributed by atoms with E-state index in [-0.39, 0.29) is 0 Å². The molecule has 0 spiro atoms. The molecule has 0 atom stereocenters. The van der Waals surface area contributed by atoms with E-state index in [1.54, 1.807) is 0 Å². The number of benzene rings is 1. The Kier molecular flexibility index (Phi) is 4.04. The monoisotopic (exact) mass is 283 g/mol. The predicted molar refractivity (Wildman–Crippen MR) is 84.8 cm³/mol. The molecular formula is C17H21N3O. The van der Waals surface area contributed by atoms with Crippen molar-refractivity contribution in [1.82, 2.24) is 9.97 Å². The zero-order chi connectivity index (χ0) is 14.7. The molecule has 2 aromatic rings. The second-order valence-electron chi connectivity index (χ2n) is 5.26. The summed E-state index contributed by atoms with van der Waals surface area (Å²) in [6.45, 7) is 5.62. The first-order chi connectivity index (χ1) is 10.3. The molecule has 0 saturated heterocycles. The molecule has 1 aliphatic carbocycles. The molecular weight excluding hydrogens is 262 g/mol. The summed E-state index contributed by atoms with van der Waals surface area (Å²) in [6.07, 6.45) is 2.41. The van der Waals surface area contributed by atoms with Crippen LogP contribution in [0, 0.1) is 0 Å². The van der Waals surface area contributed by atoms with Crippen LogP contribution >= 0.6 is 0 Å². The lowest BCUT2D eigenvalue weighted by Gasteiger charge is -2.09. The van der Waals surface area contributed by atoms with Crippen molar-refractivity contribution >= 4 is 5.82 Å². The highest BCUT2D eigenvalue weighted by Gasteiger charge is 2.27. The van der Waals surface area contributed by atoms with Gasteiger partial charge in [-0.3, -0.25) is 0 Å². The number of aromatic nitrogens is 2. The van der Waals surface area contributed by atoms with E-state index < -0.39 is 0 Å². The smallest absolute Gasteiger partial charge is 0.134 e. The lowest BCUT2D eigenvalue weighted by molar-refractivity contribution is 0.340. The Morgan fingerprint density at radius 2 is 1.90 bits per heavy atom. The number of ether oxygens (including phenoxy) is 1. The van der Waals surface area contributed by atoms with E-state index in [9.17, 15) is 0 Å². The third kappa shape index (κ3) is 3.32. The number of nitrogens with one attached hydrogen (secondary N) is 1. The minimum Gasteiger partial charge on any atom is -0.494 e. The highest BCUT2D eigenvalue weighted by molar-refractivity contribution is 5.63. The topological polar surface area (TPSA) is 47.0 Å². The number of rotatable bonds is 6. The minimum absolute atomic E-state index is 0.546. The van der Waals surface area contributed by atoms with Gasteiger partial charge in [-0.05, 0) is 51.0 Å². The van der Waals surface area contributed by atoms with E-state index in [0.29, 0.717) is 12.5 Å². The molecule has 4 nitrogen and oxygen atoms in total. The van der Waals surface area contributed by atoms with Crippen molar-refractivity contribution in [3.63, 3.8) is 0 Å². The Morgan fingerprint density at radius 1 is 1.14 bits per heavy atom. The van der Waals surface area contributed by atoms with Crippen LogP contribution in [0.3, 0.4) is 0 Å². The SMILES string of the molecule is CCNc1cc(-c2ccc(OCC)cc2)nc(C2CC2)n1. The van der Waals surface area contributed by atoms with E-state index in [2.05, 4.69) is 29.4 Å². The van der Waals surface area contributed by atoms with Gasteiger partial charge in [0.05, 0.1) is 12.3 Å². The van der Waals surface area contributed by atoms with Gasteiger partial charge in [0.2, 0.25) is 0 Å². The van der Waals surface area contributed by atoms with Gasteiger partial charge in [-0.2, -0.15) is 0 Å². The van der Waals surface area contributed by atoms with Crippen LogP contribution in [-0.4, -0.2) is 23.1 Å². The number of hydrogen-bond acceptors (Lipinski definition) is 4. The van der Waals surface area contributed by atoms with E-state index in [1.807, 2.05) is 25.1 Å². The first kappa shape index (κ1) is 13.9. The fourth-order valence-corrected chi connectivity index (χ4v) is 2.30. The minimum atomic E-state index is 0.546. The molecule has 1 aromatic carbocycles. The standard InChI is InChI=1S/C17H21N3O/c1-3-18-16-11-15(19-17(20-16)13-5-6-13)12-7-9-14(10-8-12)21-4-2/h7-11,13H,3-6H2,1-2H3,(H,18,19,20). The Balaban J connectivity index is 1.92. The summed E-state index contributed by atoms with van der Waals surface area (Å²) < 4.78 is 5.49. The van der Waals surface area contributed by atoms with Crippen LogP contribution in [-0.2, 0) is 0 Å². The molecule has 3 rings (SSSR count). The zero-order valence-electron chi connectivity index (χ0n) is 12.6. The van der Waals surface area contributed by atoms with Crippen LogP contribution in [0.1, 0.15) is 38.4 Å².